The molecule has 5 nitrogen and oxygen atoms in total. The molecule has 3 aromatic carbocycles. The minimum absolute atomic E-state index is 0.217. The summed E-state index contributed by atoms with van der Waals surface area (Å²) in [5, 5.41) is 1.74. The van der Waals surface area contributed by atoms with Gasteiger partial charge in [-0.15, -0.1) is 0 Å². The topological polar surface area (TPSA) is 49.9 Å². The maximum atomic E-state index is 13.6. The van der Waals surface area contributed by atoms with Crippen LogP contribution in [0.15, 0.2) is 78.9 Å². The highest BCUT2D eigenvalue weighted by Gasteiger charge is 2.60. The van der Waals surface area contributed by atoms with Crippen LogP contribution >= 0.6 is 0 Å². The molecule has 0 unspecified atom stereocenters. The van der Waals surface area contributed by atoms with E-state index in [9.17, 15) is 9.59 Å². The Labute approximate surface area is 181 Å². The molecule has 2 aliphatic rings. The van der Waals surface area contributed by atoms with E-state index >= 15 is 0 Å². The summed E-state index contributed by atoms with van der Waals surface area (Å²) in [5.74, 6) is -1.14. The number of hydroxylamine groups is 1. The number of nitrogens with zero attached hydrogens (tertiary/aromatic N) is 2. The predicted molar refractivity (Wildman–Crippen MR) is 120 cm³/mol. The van der Waals surface area contributed by atoms with Crippen molar-refractivity contribution in [1.82, 2.24) is 0 Å². The van der Waals surface area contributed by atoms with Gasteiger partial charge >= 0.3 is 0 Å². The van der Waals surface area contributed by atoms with Gasteiger partial charge in [-0.1, -0.05) is 61.5 Å². The molecule has 2 heterocycles. The lowest BCUT2D eigenvalue weighted by atomic mass is 9.88. The monoisotopic (exact) mass is 412 g/mol. The highest BCUT2D eigenvalue weighted by atomic mass is 16.7. The first kappa shape index (κ1) is 19.5. The number of amides is 2. The predicted octanol–water partition coefficient (Wildman–Crippen LogP) is 4.61. The Bertz CT molecular complexity index is 1130. The van der Waals surface area contributed by atoms with Gasteiger partial charge in [0.15, 0.2) is 6.10 Å². The molecule has 2 saturated heterocycles. The van der Waals surface area contributed by atoms with Gasteiger partial charge in [-0.25, -0.2) is 9.96 Å². The molecule has 2 aliphatic heterocycles. The third kappa shape index (κ3) is 3.13. The van der Waals surface area contributed by atoms with E-state index in [1.54, 1.807) is 5.06 Å². The number of para-hydroxylation sites is 1. The fourth-order valence-electron chi connectivity index (χ4n) is 4.58. The van der Waals surface area contributed by atoms with Gasteiger partial charge in [-0.2, -0.15) is 0 Å². The lowest BCUT2D eigenvalue weighted by molar-refractivity contribution is -0.126. The Morgan fingerprint density at radius 1 is 0.806 bits per heavy atom. The molecule has 0 radical (unpaired) electrons. The molecule has 0 saturated carbocycles. The van der Waals surface area contributed by atoms with Crippen LogP contribution in [0.5, 0.6) is 0 Å². The normalized spacial score (nSPS) is 22.8. The Morgan fingerprint density at radius 2 is 1.48 bits per heavy atom. The van der Waals surface area contributed by atoms with Crippen LogP contribution in [0.4, 0.5) is 11.4 Å². The highest BCUT2D eigenvalue weighted by Crippen LogP contribution is 2.48. The number of benzene rings is 3. The first-order chi connectivity index (χ1) is 15.1. The molecule has 2 amide bonds. The average molecular weight is 412 g/mol. The summed E-state index contributed by atoms with van der Waals surface area (Å²) in [6.07, 6.45) is 0.0564. The summed E-state index contributed by atoms with van der Waals surface area (Å²) in [6, 6.07) is 24.8. The first-order valence-electron chi connectivity index (χ1n) is 10.6. The fourth-order valence-corrected chi connectivity index (χ4v) is 4.58. The van der Waals surface area contributed by atoms with Crippen molar-refractivity contribution in [1.29, 1.82) is 0 Å². The minimum Gasteiger partial charge on any atom is -0.273 e. The second-order valence-electron chi connectivity index (χ2n) is 8.05. The molecule has 3 aromatic rings. The van der Waals surface area contributed by atoms with Crippen LogP contribution in [0.2, 0.25) is 0 Å². The highest BCUT2D eigenvalue weighted by molar-refractivity contribution is 6.23. The van der Waals surface area contributed by atoms with Crippen LogP contribution in [-0.2, 0) is 20.8 Å². The van der Waals surface area contributed by atoms with E-state index in [0.29, 0.717) is 5.69 Å². The number of aryl methyl sites for hydroxylation is 2. The zero-order chi connectivity index (χ0) is 21.5. The standard InChI is InChI=1S/C26H24N2O3/c1-3-18-13-15-19(16-14-18)27-25(29)22-23(21-12-8-7-9-17(21)2)28(31-24(22)26(27)30)20-10-5-4-6-11-20/h4-16,22-24H,3H2,1-2H3/t22-,23-,24-/m1/s1. The number of fused-ring (bicyclic) bond motifs is 1. The Kier molecular flexibility index (Phi) is 4.83. The second-order valence-corrected chi connectivity index (χ2v) is 8.05. The molecule has 156 valence electrons. The van der Waals surface area contributed by atoms with Crippen LogP contribution in [0, 0.1) is 12.8 Å². The molecule has 0 bridgehead atoms. The van der Waals surface area contributed by atoms with Crippen molar-refractivity contribution in [2.24, 2.45) is 5.92 Å². The van der Waals surface area contributed by atoms with E-state index in [4.69, 9.17) is 4.84 Å². The molecule has 2 fully saturated rings. The third-order valence-electron chi connectivity index (χ3n) is 6.24. The van der Waals surface area contributed by atoms with Gasteiger partial charge in [0.2, 0.25) is 5.91 Å². The van der Waals surface area contributed by atoms with Gasteiger partial charge < -0.3 is 0 Å². The average Bonchev–Trinajstić information content (AvgIpc) is 3.31. The Morgan fingerprint density at radius 3 is 2.16 bits per heavy atom. The zero-order valence-electron chi connectivity index (χ0n) is 17.6. The van der Waals surface area contributed by atoms with Crippen LogP contribution < -0.4 is 9.96 Å². The van der Waals surface area contributed by atoms with Crippen molar-refractivity contribution in [2.75, 3.05) is 9.96 Å². The largest absolute Gasteiger partial charge is 0.273 e. The molecule has 0 spiro atoms. The number of rotatable bonds is 4. The molecule has 5 heteroatoms. The first-order valence-corrected chi connectivity index (χ1v) is 10.6. The van der Waals surface area contributed by atoms with Gasteiger partial charge in [0.05, 0.1) is 17.4 Å². The Balaban J connectivity index is 1.58. The SMILES string of the molecule is CCc1ccc(N2C(=O)[C@@H]3[C@@H](c4ccccc4C)N(c4ccccc4)O[C@H]3C2=O)cc1. The molecule has 3 atom stereocenters. The van der Waals surface area contributed by atoms with Crippen molar-refractivity contribution < 1.29 is 14.4 Å². The lowest BCUT2D eigenvalue weighted by Gasteiger charge is -2.29. The number of imide groups is 1. The smallest absolute Gasteiger partial charge is 0.266 e. The number of carbonyl (C=O) groups is 2. The molecule has 0 aliphatic carbocycles. The number of anilines is 2. The summed E-state index contributed by atoms with van der Waals surface area (Å²) in [7, 11) is 0. The van der Waals surface area contributed by atoms with Crippen LogP contribution in [0.25, 0.3) is 0 Å². The van der Waals surface area contributed by atoms with E-state index in [2.05, 4.69) is 6.92 Å². The number of hydrogen-bond acceptors (Lipinski definition) is 4. The molecular formula is C26H24N2O3. The quantitative estimate of drug-likeness (QED) is 0.588. The van der Waals surface area contributed by atoms with Gasteiger partial charge in [-0.3, -0.25) is 14.4 Å². The molecular weight excluding hydrogens is 388 g/mol. The van der Waals surface area contributed by atoms with Gasteiger partial charge in [-0.05, 0) is 54.3 Å². The minimum atomic E-state index is -0.844. The summed E-state index contributed by atoms with van der Waals surface area (Å²) >= 11 is 0. The van der Waals surface area contributed by atoms with Crippen LogP contribution in [0.3, 0.4) is 0 Å². The molecule has 0 N–H and O–H groups in total. The van der Waals surface area contributed by atoms with Crippen molar-refractivity contribution >= 4 is 23.2 Å². The molecule has 0 aromatic heterocycles. The van der Waals surface area contributed by atoms with Crippen molar-refractivity contribution in [3.05, 3.63) is 95.6 Å². The summed E-state index contributed by atoms with van der Waals surface area (Å²) in [4.78, 5) is 34.5. The maximum absolute atomic E-state index is 13.6. The van der Waals surface area contributed by atoms with E-state index in [0.717, 1.165) is 28.8 Å². The van der Waals surface area contributed by atoms with Crippen LogP contribution in [-0.4, -0.2) is 17.9 Å². The summed E-state index contributed by atoms with van der Waals surface area (Å²) < 4.78 is 0. The number of carbonyl (C=O) groups excluding carboxylic acids is 2. The van der Waals surface area contributed by atoms with Gasteiger partial charge in [0.25, 0.3) is 5.91 Å². The lowest BCUT2D eigenvalue weighted by Crippen LogP contribution is -2.37. The zero-order valence-corrected chi connectivity index (χ0v) is 17.6. The van der Waals surface area contributed by atoms with Gasteiger partial charge in [0.1, 0.15) is 5.92 Å². The van der Waals surface area contributed by atoms with Gasteiger partial charge in [0, 0.05) is 0 Å². The summed E-state index contributed by atoms with van der Waals surface area (Å²) in [5.41, 5.74) is 4.63. The second kappa shape index (κ2) is 7.67. The van der Waals surface area contributed by atoms with Crippen molar-refractivity contribution in [2.45, 2.75) is 32.4 Å². The Hall–Kier alpha value is -3.44. The summed E-state index contributed by atoms with van der Waals surface area (Å²) in [6.45, 7) is 4.10. The number of hydrogen-bond donors (Lipinski definition) is 0. The maximum Gasteiger partial charge on any atom is 0.266 e. The molecule has 31 heavy (non-hydrogen) atoms. The van der Waals surface area contributed by atoms with E-state index < -0.39 is 12.0 Å². The molecule has 5 rings (SSSR count). The van der Waals surface area contributed by atoms with E-state index in [1.807, 2.05) is 85.8 Å². The van der Waals surface area contributed by atoms with Crippen molar-refractivity contribution in [3.63, 3.8) is 0 Å². The fraction of sp³-hybridized carbons (Fsp3) is 0.231. The van der Waals surface area contributed by atoms with E-state index in [1.165, 1.54) is 4.90 Å². The van der Waals surface area contributed by atoms with Crippen LogP contribution in [0.1, 0.15) is 29.7 Å². The van der Waals surface area contributed by atoms with Crippen molar-refractivity contribution in [3.8, 4) is 0 Å². The third-order valence-corrected chi connectivity index (χ3v) is 6.24. The van der Waals surface area contributed by atoms with E-state index in [-0.39, 0.29) is 17.9 Å².